The lowest BCUT2D eigenvalue weighted by molar-refractivity contribution is -0.138. The van der Waals surface area contributed by atoms with Crippen LogP contribution in [-0.2, 0) is 12.7 Å². The number of imidazole rings is 1. The van der Waals surface area contributed by atoms with Crippen LogP contribution < -0.4 is 10.6 Å². The number of amides is 1. The summed E-state index contributed by atoms with van der Waals surface area (Å²) >= 11 is 0. The third kappa shape index (κ3) is 5.69. The number of anilines is 1. The quantitative estimate of drug-likeness (QED) is 0.398. The number of halogens is 3. The van der Waals surface area contributed by atoms with E-state index in [1.807, 2.05) is 17.9 Å². The third-order valence-corrected chi connectivity index (χ3v) is 6.38. The molecule has 2 N–H and O–H groups in total. The van der Waals surface area contributed by atoms with E-state index in [1.165, 1.54) is 12.1 Å². The highest BCUT2D eigenvalue weighted by Gasteiger charge is 2.34. The molecule has 0 atom stereocenters. The highest BCUT2D eigenvalue weighted by atomic mass is 19.4. The van der Waals surface area contributed by atoms with Crippen molar-refractivity contribution < 1.29 is 18.0 Å². The number of carbonyl (C=O) groups excluding carboxylic acids is 1. The van der Waals surface area contributed by atoms with E-state index in [2.05, 4.69) is 32.6 Å². The maximum atomic E-state index is 13.9. The van der Waals surface area contributed by atoms with Crippen molar-refractivity contribution in [3.05, 3.63) is 94.4 Å². The summed E-state index contributed by atoms with van der Waals surface area (Å²) in [6.07, 6.45) is -1.29. The van der Waals surface area contributed by atoms with Crippen LogP contribution in [0.15, 0.2) is 60.9 Å². The Bertz CT molecular complexity index is 1540. The van der Waals surface area contributed by atoms with E-state index in [4.69, 9.17) is 0 Å². The van der Waals surface area contributed by atoms with Gasteiger partial charge in [0, 0.05) is 55.7 Å². The van der Waals surface area contributed by atoms with Gasteiger partial charge in [0.2, 0.25) is 0 Å². The number of aromatic nitrogens is 3. The topological polar surface area (TPSA) is 74.6 Å². The van der Waals surface area contributed by atoms with Gasteiger partial charge in [0.05, 0.1) is 11.8 Å². The van der Waals surface area contributed by atoms with E-state index in [0.29, 0.717) is 30.0 Å². The molecule has 0 unspecified atom stereocenters. The summed E-state index contributed by atoms with van der Waals surface area (Å²) in [5.41, 5.74) is 2.54. The van der Waals surface area contributed by atoms with Gasteiger partial charge in [0.1, 0.15) is 5.69 Å². The molecule has 1 saturated heterocycles. The Kier molecular flexibility index (Phi) is 7.13. The van der Waals surface area contributed by atoms with E-state index in [0.717, 1.165) is 24.7 Å². The first-order valence-corrected chi connectivity index (χ1v) is 12.1. The van der Waals surface area contributed by atoms with Gasteiger partial charge in [-0.2, -0.15) is 18.3 Å². The molecule has 5 rings (SSSR count). The summed E-state index contributed by atoms with van der Waals surface area (Å²) < 4.78 is 43.2. The number of carbonyl (C=O) groups is 1. The fraction of sp³-hybridized carbons (Fsp3) is 0.250. The summed E-state index contributed by atoms with van der Waals surface area (Å²) in [6, 6.07) is 12.5. The van der Waals surface area contributed by atoms with Gasteiger partial charge in [-0.05, 0) is 60.4 Å². The largest absolute Gasteiger partial charge is 0.416 e. The average molecular weight is 519 g/mol. The number of alkyl halides is 3. The number of rotatable bonds is 4. The first-order valence-electron chi connectivity index (χ1n) is 12.1. The zero-order valence-electron chi connectivity index (χ0n) is 20.6. The normalized spacial score (nSPS) is 14.2. The van der Waals surface area contributed by atoms with Gasteiger partial charge >= 0.3 is 6.18 Å². The molecule has 1 amide bonds. The smallest absolute Gasteiger partial charge is 0.322 e. The fourth-order valence-electron chi connectivity index (χ4n) is 4.31. The first kappa shape index (κ1) is 25.4. The second-order valence-electron chi connectivity index (χ2n) is 9.07. The predicted molar refractivity (Wildman–Crippen MR) is 138 cm³/mol. The van der Waals surface area contributed by atoms with Crippen molar-refractivity contribution in [2.75, 3.05) is 31.5 Å². The number of hydrogen-bond acceptors (Lipinski definition) is 5. The maximum Gasteiger partial charge on any atom is 0.416 e. The zero-order chi connectivity index (χ0) is 26.7. The molecule has 3 heterocycles. The molecule has 0 spiro atoms. The van der Waals surface area contributed by atoms with Gasteiger partial charge in [0.15, 0.2) is 5.65 Å². The summed E-state index contributed by atoms with van der Waals surface area (Å²) in [4.78, 5) is 19.2. The zero-order valence-corrected chi connectivity index (χ0v) is 20.6. The van der Waals surface area contributed by atoms with Crippen LogP contribution in [0, 0.1) is 18.8 Å². The Morgan fingerprint density at radius 3 is 2.71 bits per heavy atom. The lowest BCUT2D eigenvalue weighted by Gasteiger charge is -2.28. The molecule has 0 aliphatic carbocycles. The molecule has 7 nitrogen and oxygen atoms in total. The molecule has 38 heavy (non-hydrogen) atoms. The molecule has 2 aromatic carbocycles. The number of aryl methyl sites for hydroxylation is 1. The van der Waals surface area contributed by atoms with Crippen LogP contribution in [0.25, 0.3) is 5.65 Å². The van der Waals surface area contributed by atoms with Crippen LogP contribution in [0.5, 0.6) is 0 Å². The molecule has 194 valence electrons. The standard InChI is InChI=1S/C28H25F3N6O/c1-19-4-5-21(15-20(19)7-9-24-17-33-26-3-2-10-34-37(24)26)27(38)35-23-8-6-22(25(16-23)28(29,30)31)18-36-13-11-32-12-14-36/h2-6,8,10,15-17,32H,11-14,18H2,1H3,(H,35,38). The summed E-state index contributed by atoms with van der Waals surface area (Å²) in [5.74, 6) is 5.56. The van der Waals surface area contributed by atoms with E-state index < -0.39 is 17.6 Å². The van der Waals surface area contributed by atoms with Crippen molar-refractivity contribution in [3.8, 4) is 11.8 Å². The number of hydrogen-bond donors (Lipinski definition) is 2. The second-order valence-corrected chi connectivity index (χ2v) is 9.07. The third-order valence-electron chi connectivity index (χ3n) is 6.38. The van der Waals surface area contributed by atoms with Gasteiger partial charge < -0.3 is 10.6 Å². The van der Waals surface area contributed by atoms with Crippen molar-refractivity contribution in [1.29, 1.82) is 0 Å². The van der Waals surface area contributed by atoms with E-state index >= 15 is 0 Å². The van der Waals surface area contributed by atoms with Crippen molar-refractivity contribution in [3.63, 3.8) is 0 Å². The molecule has 2 aromatic heterocycles. The monoisotopic (exact) mass is 518 g/mol. The van der Waals surface area contributed by atoms with Gasteiger partial charge in [-0.15, -0.1) is 0 Å². The van der Waals surface area contributed by atoms with Gasteiger partial charge in [0.25, 0.3) is 5.91 Å². The van der Waals surface area contributed by atoms with Gasteiger partial charge in [-0.25, -0.2) is 9.50 Å². The summed E-state index contributed by atoms with van der Waals surface area (Å²) in [7, 11) is 0. The molecule has 1 aliphatic heterocycles. The lowest BCUT2D eigenvalue weighted by Crippen LogP contribution is -2.43. The van der Waals surface area contributed by atoms with E-state index in [-0.39, 0.29) is 23.4 Å². The Morgan fingerprint density at radius 1 is 1.11 bits per heavy atom. The number of piperazine rings is 1. The first-order chi connectivity index (χ1) is 18.3. The van der Waals surface area contributed by atoms with Crippen LogP contribution in [-0.4, -0.2) is 51.6 Å². The minimum Gasteiger partial charge on any atom is -0.322 e. The highest BCUT2D eigenvalue weighted by molar-refractivity contribution is 6.04. The fourth-order valence-corrected chi connectivity index (χ4v) is 4.31. The number of nitrogens with zero attached hydrogens (tertiary/aromatic N) is 4. The molecular weight excluding hydrogens is 493 g/mol. The number of benzene rings is 2. The Hall–Kier alpha value is -4.20. The molecule has 10 heteroatoms. The van der Waals surface area contributed by atoms with Crippen LogP contribution in [0.4, 0.5) is 18.9 Å². The summed E-state index contributed by atoms with van der Waals surface area (Å²) in [6.45, 7) is 4.92. The van der Waals surface area contributed by atoms with Crippen LogP contribution in [0.2, 0.25) is 0 Å². The molecular formula is C28H25F3N6O. The average Bonchev–Trinajstić information content (AvgIpc) is 3.32. The highest BCUT2D eigenvalue weighted by Crippen LogP contribution is 2.34. The van der Waals surface area contributed by atoms with E-state index in [9.17, 15) is 18.0 Å². The van der Waals surface area contributed by atoms with Crippen molar-refractivity contribution >= 4 is 17.2 Å². The Balaban J connectivity index is 1.36. The van der Waals surface area contributed by atoms with Crippen LogP contribution in [0.3, 0.4) is 0 Å². The molecule has 0 saturated carbocycles. The summed E-state index contributed by atoms with van der Waals surface area (Å²) in [5, 5.41) is 10.0. The molecule has 0 radical (unpaired) electrons. The molecule has 4 aromatic rings. The Morgan fingerprint density at radius 2 is 1.92 bits per heavy atom. The van der Waals surface area contributed by atoms with Crippen LogP contribution in [0.1, 0.15) is 38.3 Å². The minimum atomic E-state index is -4.54. The Labute approximate surface area is 217 Å². The second kappa shape index (κ2) is 10.7. The predicted octanol–water partition coefficient (Wildman–Crippen LogP) is 4.11. The van der Waals surface area contributed by atoms with Crippen molar-refractivity contribution in [2.45, 2.75) is 19.6 Å². The molecule has 1 fully saturated rings. The number of fused-ring (bicyclic) bond motifs is 1. The molecule has 1 aliphatic rings. The minimum absolute atomic E-state index is 0.0800. The molecule has 0 bridgehead atoms. The van der Waals surface area contributed by atoms with Crippen molar-refractivity contribution in [1.82, 2.24) is 24.8 Å². The van der Waals surface area contributed by atoms with Crippen molar-refractivity contribution in [2.24, 2.45) is 0 Å². The van der Waals surface area contributed by atoms with Crippen LogP contribution >= 0.6 is 0 Å². The van der Waals surface area contributed by atoms with Gasteiger partial charge in [-0.1, -0.05) is 18.1 Å². The van der Waals surface area contributed by atoms with Gasteiger partial charge in [-0.3, -0.25) is 9.69 Å². The maximum absolute atomic E-state index is 13.9. The SMILES string of the molecule is Cc1ccc(C(=O)Nc2ccc(CN3CCNCC3)c(C(F)(F)F)c2)cc1C#Cc1cnc2cccnn12. The lowest BCUT2D eigenvalue weighted by atomic mass is 10.0. The number of nitrogens with one attached hydrogen (secondary N) is 2. The van der Waals surface area contributed by atoms with E-state index in [1.54, 1.807) is 41.2 Å².